The quantitative estimate of drug-likeness (QED) is 0.778. The van der Waals surface area contributed by atoms with Crippen molar-refractivity contribution in [2.75, 3.05) is 0 Å². The topological polar surface area (TPSA) is 72.6 Å². The highest BCUT2D eigenvalue weighted by molar-refractivity contribution is 5.88. The molecule has 0 aromatic carbocycles. The van der Waals surface area contributed by atoms with Crippen molar-refractivity contribution in [2.45, 2.75) is 77.1 Å². The van der Waals surface area contributed by atoms with Crippen LogP contribution in [0.4, 0.5) is 0 Å². The largest absolute Gasteiger partial charge is 0.458 e. The van der Waals surface area contributed by atoms with E-state index in [-0.39, 0.29) is 17.9 Å². The third-order valence-electron chi connectivity index (χ3n) is 4.16. The summed E-state index contributed by atoms with van der Waals surface area (Å²) in [7, 11) is 0. The van der Waals surface area contributed by atoms with E-state index in [1.807, 2.05) is 20.8 Å². The maximum absolute atomic E-state index is 12.4. The molecule has 5 nitrogen and oxygen atoms in total. The second kappa shape index (κ2) is 5.35. The highest BCUT2D eigenvalue weighted by Crippen LogP contribution is 2.42. The van der Waals surface area contributed by atoms with Crippen LogP contribution >= 0.6 is 0 Å². The molecule has 0 aromatic heterocycles. The minimum Gasteiger partial charge on any atom is -0.458 e. The number of nitrogens with two attached hydrogens (primary N) is 1. The Bertz CT molecular complexity index is 400. The molecule has 1 aliphatic heterocycles. The van der Waals surface area contributed by atoms with Gasteiger partial charge in [-0.1, -0.05) is 6.42 Å². The summed E-state index contributed by atoms with van der Waals surface area (Å²) in [5.41, 5.74) is 5.21. The van der Waals surface area contributed by atoms with Crippen LogP contribution in [-0.4, -0.2) is 40.5 Å². The molecule has 2 N–H and O–H groups in total. The molecule has 2 rings (SSSR count). The van der Waals surface area contributed by atoms with Crippen LogP contribution in [0.5, 0.6) is 0 Å². The Morgan fingerprint density at radius 3 is 2.50 bits per heavy atom. The molecule has 5 heteroatoms. The molecular weight excluding hydrogens is 256 g/mol. The number of carbonyl (C=O) groups excluding carboxylic acids is 2. The summed E-state index contributed by atoms with van der Waals surface area (Å²) in [5.74, 6) is 0.00591. The first-order valence-electron chi connectivity index (χ1n) is 7.51. The Balaban J connectivity index is 2.18. The van der Waals surface area contributed by atoms with Crippen LogP contribution in [0.15, 0.2) is 0 Å². The molecule has 1 heterocycles. The molecule has 1 saturated heterocycles. The van der Waals surface area contributed by atoms with E-state index in [1.54, 1.807) is 11.8 Å². The predicted molar refractivity (Wildman–Crippen MR) is 75.9 cm³/mol. The van der Waals surface area contributed by atoms with Crippen molar-refractivity contribution in [3.63, 3.8) is 0 Å². The fraction of sp³-hybridized carbons (Fsp3) is 0.867. The number of amides is 1. The molecule has 2 aliphatic rings. The molecule has 0 bridgehead atoms. The minimum atomic E-state index is -0.570. The Labute approximate surface area is 120 Å². The molecule has 0 unspecified atom stereocenters. The standard InChI is InChI=1S/C15H26N2O3/c1-9(16)13(18)17-11-7-5-6-10(11)8-12(17)14(19)20-15(2,3)4/h9-12H,5-8,16H2,1-4H3/t9-,10+,11-,12-/m0/s1. The van der Waals surface area contributed by atoms with Crippen LogP contribution < -0.4 is 5.73 Å². The summed E-state index contributed by atoms with van der Waals surface area (Å²) in [4.78, 5) is 26.5. The van der Waals surface area contributed by atoms with Crippen LogP contribution in [-0.2, 0) is 14.3 Å². The maximum Gasteiger partial charge on any atom is 0.329 e. The van der Waals surface area contributed by atoms with Crippen LogP contribution in [0.1, 0.15) is 53.4 Å². The molecule has 0 spiro atoms. The molecular formula is C15H26N2O3. The van der Waals surface area contributed by atoms with Crippen molar-refractivity contribution in [2.24, 2.45) is 11.7 Å². The zero-order valence-corrected chi connectivity index (χ0v) is 12.9. The van der Waals surface area contributed by atoms with Gasteiger partial charge >= 0.3 is 5.97 Å². The summed E-state index contributed by atoms with van der Waals surface area (Å²) >= 11 is 0. The molecule has 0 aromatic rings. The lowest BCUT2D eigenvalue weighted by molar-refractivity contribution is -0.164. The van der Waals surface area contributed by atoms with Crippen molar-refractivity contribution in [1.29, 1.82) is 0 Å². The van der Waals surface area contributed by atoms with Crippen molar-refractivity contribution < 1.29 is 14.3 Å². The van der Waals surface area contributed by atoms with Gasteiger partial charge in [0.15, 0.2) is 0 Å². The predicted octanol–water partition coefficient (Wildman–Crippen LogP) is 1.44. The zero-order valence-electron chi connectivity index (χ0n) is 12.9. The van der Waals surface area contributed by atoms with E-state index in [0.717, 1.165) is 25.7 Å². The van der Waals surface area contributed by atoms with E-state index in [0.29, 0.717) is 5.92 Å². The Morgan fingerprint density at radius 1 is 1.30 bits per heavy atom. The first-order chi connectivity index (χ1) is 9.20. The number of hydrogen-bond acceptors (Lipinski definition) is 4. The number of ether oxygens (including phenoxy) is 1. The zero-order chi connectivity index (χ0) is 15.1. The van der Waals surface area contributed by atoms with E-state index >= 15 is 0 Å². The summed E-state index contributed by atoms with van der Waals surface area (Å²) in [6.07, 6.45) is 3.91. The van der Waals surface area contributed by atoms with Gasteiger partial charge in [-0.3, -0.25) is 4.79 Å². The van der Waals surface area contributed by atoms with Crippen LogP contribution in [0, 0.1) is 5.92 Å². The summed E-state index contributed by atoms with van der Waals surface area (Å²) in [6, 6.07) is -0.853. The van der Waals surface area contributed by atoms with Gasteiger partial charge in [0.05, 0.1) is 6.04 Å². The van der Waals surface area contributed by atoms with Gasteiger partial charge in [0.25, 0.3) is 0 Å². The highest BCUT2D eigenvalue weighted by Gasteiger charge is 2.50. The van der Waals surface area contributed by atoms with Gasteiger partial charge in [-0.2, -0.15) is 0 Å². The fourth-order valence-electron chi connectivity index (χ4n) is 3.42. The van der Waals surface area contributed by atoms with Gasteiger partial charge in [-0.25, -0.2) is 4.79 Å². The Morgan fingerprint density at radius 2 is 1.95 bits per heavy atom. The van der Waals surface area contributed by atoms with Gasteiger partial charge in [-0.05, 0) is 52.9 Å². The summed E-state index contributed by atoms with van der Waals surface area (Å²) < 4.78 is 5.47. The van der Waals surface area contributed by atoms with Crippen LogP contribution in [0.25, 0.3) is 0 Å². The van der Waals surface area contributed by atoms with E-state index in [2.05, 4.69) is 0 Å². The molecule has 1 saturated carbocycles. The molecule has 114 valence electrons. The average molecular weight is 282 g/mol. The first kappa shape index (κ1) is 15.3. The number of nitrogens with zero attached hydrogens (tertiary/aromatic N) is 1. The molecule has 4 atom stereocenters. The lowest BCUT2D eigenvalue weighted by atomic mass is 10.0. The molecule has 1 amide bonds. The second-order valence-electron chi connectivity index (χ2n) is 7.08. The second-order valence-corrected chi connectivity index (χ2v) is 7.08. The summed E-state index contributed by atoms with van der Waals surface area (Å²) in [6.45, 7) is 7.21. The van der Waals surface area contributed by atoms with Crippen molar-refractivity contribution in [3.05, 3.63) is 0 Å². The summed E-state index contributed by atoms with van der Waals surface area (Å²) in [5, 5.41) is 0. The molecule has 20 heavy (non-hydrogen) atoms. The van der Waals surface area contributed by atoms with Crippen LogP contribution in [0.2, 0.25) is 0 Å². The number of fused-ring (bicyclic) bond motifs is 1. The number of carbonyl (C=O) groups is 2. The molecule has 2 fully saturated rings. The van der Waals surface area contributed by atoms with Crippen molar-refractivity contribution in [1.82, 2.24) is 4.90 Å². The molecule has 1 aliphatic carbocycles. The van der Waals surface area contributed by atoms with Gasteiger partial charge in [0.1, 0.15) is 11.6 Å². The fourth-order valence-corrected chi connectivity index (χ4v) is 3.42. The van der Waals surface area contributed by atoms with Gasteiger partial charge in [0, 0.05) is 6.04 Å². The average Bonchev–Trinajstić information content (AvgIpc) is 2.84. The molecule has 0 radical (unpaired) electrons. The lowest BCUT2D eigenvalue weighted by Gasteiger charge is -2.31. The third kappa shape index (κ3) is 2.97. The third-order valence-corrected chi connectivity index (χ3v) is 4.16. The van der Waals surface area contributed by atoms with Gasteiger partial charge < -0.3 is 15.4 Å². The Kier molecular flexibility index (Phi) is 4.09. The Hall–Kier alpha value is -1.10. The highest BCUT2D eigenvalue weighted by atomic mass is 16.6. The normalized spacial score (nSPS) is 31.1. The maximum atomic E-state index is 12.4. The minimum absolute atomic E-state index is 0.129. The number of rotatable bonds is 2. The smallest absolute Gasteiger partial charge is 0.329 e. The number of hydrogen-bond donors (Lipinski definition) is 1. The van der Waals surface area contributed by atoms with Gasteiger partial charge in [0.2, 0.25) is 5.91 Å². The van der Waals surface area contributed by atoms with Crippen molar-refractivity contribution >= 4 is 11.9 Å². The first-order valence-corrected chi connectivity index (χ1v) is 7.51. The monoisotopic (exact) mass is 282 g/mol. The van der Waals surface area contributed by atoms with Gasteiger partial charge in [-0.15, -0.1) is 0 Å². The SMILES string of the molecule is C[C@H](N)C(=O)N1[C@H](C(=O)OC(C)(C)C)C[C@H]2CCC[C@@H]21. The number of esters is 1. The number of likely N-dealkylation sites (tertiary alicyclic amines) is 1. The lowest BCUT2D eigenvalue weighted by Crippen LogP contribution is -2.51. The van der Waals surface area contributed by atoms with E-state index in [4.69, 9.17) is 10.5 Å². The van der Waals surface area contributed by atoms with E-state index in [1.165, 1.54) is 0 Å². The van der Waals surface area contributed by atoms with E-state index in [9.17, 15) is 9.59 Å². The van der Waals surface area contributed by atoms with E-state index < -0.39 is 17.7 Å². The van der Waals surface area contributed by atoms with Crippen molar-refractivity contribution in [3.8, 4) is 0 Å². The van der Waals surface area contributed by atoms with Crippen LogP contribution in [0.3, 0.4) is 0 Å².